The van der Waals surface area contributed by atoms with E-state index in [1.165, 1.54) is 6.07 Å². The van der Waals surface area contributed by atoms with Gasteiger partial charge in [0, 0.05) is 11.2 Å². The highest BCUT2D eigenvalue weighted by Gasteiger charge is 2.43. The van der Waals surface area contributed by atoms with Crippen LogP contribution in [0.25, 0.3) is 0 Å². The van der Waals surface area contributed by atoms with Gasteiger partial charge in [0.1, 0.15) is 11.9 Å². The second kappa shape index (κ2) is 8.69. The van der Waals surface area contributed by atoms with Gasteiger partial charge in [0.2, 0.25) is 0 Å². The fraction of sp³-hybridized carbons (Fsp3) is 0.400. The van der Waals surface area contributed by atoms with Crippen LogP contribution >= 0.6 is 23.2 Å². The average molecular weight is 465 g/mol. The number of halogens is 6. The van der Waals surface area contributed by atoms with Gasteiger partial charge in [-0.3, -0.25) is 4.79 Å². The summed E-state index contributed by atoms with van der Waals surface area (Å²) in [6.07, 6.45) is -4.72. The van der Waals surface area contributed by atoms with Crippen LogP contribution in [0.5, 0.6) is 0 Å². The van der Waals surface area contributed by atoms with Crippen molar-refractivity contribution in [3.63, 3.8) is 0 Å². The number of rotatable bonds is 4. The number of carbonyl (C=O) groups excluding carboxylic acids is 1. The SMILES string of the molecule is O=C(N[C@H](c1cccc(Cl)c1)[C@]1(O)CC[C@H](F)CC1)c1nccc(C(F)(F)F)c1Cl. The van der Waals surface area contributed by atoms with Gasteiger partial charge in [-0.15, -0.1) is 0 Å². The Kier molecular flexibility index (Phi) is 6.60. The smallest absolute Gasteiger partial charge is 0.387 e. The Morgan fingerprint density at radius 2 is 1.90 bits per heavy atom. The lowest BCUT2D eigenvalue weighted by molar-refractivity contribution is -0.137. The molecule has 10 heteroatoms. The topological polar surface area (TPSA) is 62.2 Å². The third kappa shape index (κ3) is 4.87. The number of nitrogens with one attached hydrogen (secondary N) is 1. The number of carbonyl (C=O) groups is 1. The first-order chi connectivity index (χ1) is 14.0. The minimum atomic E-state index is -4.76. The molecule has 1 amide bonds. The van der Waals surface area contributed by atoms with E-state index in [4.69, 9.17) is 23.2 Å². The van der Waals surface area contributed by atoms with Crippen molar-refractivity contribution in [2.24, 2.45) is 0 Å². The van der Waals surface area contributed by atoms with Crippen LogP contribution < -0.4 is 5.32 Å². The summed E-state index contributed by atoms with van der Waals surface area (Å²) in [5.74, 6) is -0.994. The molecule has 1 heterocycles. The molecule has 162 valence electrons. The van der Waals surface area contributed by atoms with Crippen molar-refractivity contribution >= 4 is 29.1 Å². The number of aliphatic hydroxyl groups is 1. The second-order valence-corrected chi connectivity index (χ2v) is 8.07. The Balaban J connectivity index is 1.97. The van der Waals surface area contributed by atoms with E-state index < -0.39 is 46.2 Å². The van der Waals surface area contributed by atoms with Crippen molar-refractivity contribution in [3.8, 4) is 0 Å². The third-order valence-electron chi connectivity index (χ3n) is 5.19. The maximum atomic E-state index is 13.6. The summed E-state index contributed by atoms with van der Waals surface area (Å²) in [6, 6.07) is 5.95. The summed E-state index contributed by atoms with van der Waals surface area (Å²) in [7, 11) is 0. The maximum Gasteiger partial charge on any atom is 0.417 e. The molecule has 1 aromatic heterocycles. The second-order valence-electron chi connectivity index (χ2n) is 7.26. The molecule has 0 aliphatic heterocycles. The predicted octanol–water partition coefficient (Wildman–Crippen LogP) is 5.52. The van der Waals surface area contributed by atoms with Crippen LogP contribution in [0.1, 0.15) is 53.3 Å². The van der Waals surface area contributed by atoms with Crippen molar-refractivity contribution < 1.29 is 27.5 Å². The Morgan fingerprint density at radius 3 is 2.50 bits per heavy atom. The van der Waals surface area contributed by atoms with E-state index in [0.717, 1.165) is 6.20 Å². The van der Waals surface area contributed by atoms with Crippen LogP contribution in [0, 0.1) is 0 Å². The first kappa shape index (κ1) is 22.8. The quantitative estimate of drug-likeness (QED) is 0.585. The molecule has 1 aromatic carbocycles. The Bertz CT molecular complexity index is 931. The van der Waals surface area contributed by atoms with E-state index in [-0.39, 0.29) is 25.7 Å². The zero-order valence-corrected chi connectivity index (χ0v) is 17.0. The molecule has 1 fully saturated rings. The maximum absolute atomic E-state index is 13.6. The van der Waals surface area contributed by atoms with Crippen molar-refractivity contribution in [2.45, 2.75) is 49.7 Å². The number of alkyl halides is 4. The molecule has 4 nitrogen and oxygen atoms in total. The zero-order valence-electron chi connectivity index (χ0n) is 15.5. The van der Waals surface area contributed by atoms with Gasteiger partial charge in [-0.25, -0.2) is 9.37 Å². The molecule has 2 N–H and O–H groups in total. The number of benzene rings is 1. The predicted molar refractivity (Wildman–Crippen MR) is 104 cm³/mol. The molecule has 0 radical (unpaired) electrons. The highest BCUT2D eigenvalue weighted by molar-refractivity contribution is 6.34. The van der Waals surface area contributed by atoms with Crippen molar-refractivity contribution in [1.29, 1.82) is 0 Å². The number of amides is 1. The fourth-order valence-corrected chi connectivity index (χ4v) is 4.11. The lowest BCUT2D eigenvalue weighted by atomic mass is 9.76. The summed E-state index contributed by atoms with van der Waals surface area (Å²) in [5, 5.41) is 13.2. The highest BCUT2D eigenvalue weighted by atomic mass is 35.5. The van der Waals surface area contributed by atoms with E-state index in [9.17, 15) is 27.5 Å². The molecular formula is C20H18Cl2F4N2O2. The van der Waals surface area contributed by atoms with Gasteiger partial charge in [0.25, 0.3) is 5.91 Å². The minimum Gasteiger partial charge on any atom is -0.387 e. The molecule has 0 saturated heterocycles. The summed E-state index contributed by atoms with van der Waals surface area (Å²) < 4.78 is 53.0. The molecule has 1 saturated carbocycles. The van der Waals surface area contributed by atoms with Gasteiger partial charge in [-0.1, -0.05) is 35.3 Å². The van der Waals surface area contributed by atoms with Gasteiger partial charge in [-0.2, -0.15) is 13.2 Å². The summed E-state index contributed by atoms with van der Waals surface area (Å²) >= 11 is 11.8. The van der Waals surface area contributed by atoms with Gasteiger partial charge in [-0.05, 0) is 49.4 Å². The molecule has 1 atom stereocenters. The summed E-state index contributed by atoms with van der Waals surface area (Å²) in [4.78, 5) is 16.5. The molecule has 1 aliphatic rings. The molecule has 1 aliphatic carbocycles. The molecule has 30 heavy (non-hydrogen) atoms. The van der Waals surface area contributed by atoms with Crippen molar-refractivity contribution in [1.82, 2.24) is 10.3 Å². The van der Waals surface area contributed by atoms with Crippen molar-refractivity contribution in [2.75, 3.05) is 0 Å². The fourth-order valence-electron chi connectivity index (χ4n) is 3.61. The van der Waals surface area contributed by atoms with Gasteiger partial charge >= 0.3 is 6.18 Å². The number of hydrogen-bond donors (Lipinski definition) is 2. The third-order valence-corrected chi connectivity index (χ3v) is 5.80. The molecular weight excluding hydrogens is 447 g/mol. The van der Waals surface area contributed by atoms with E-state index in [2.05, 4.69) is 10.3 Å². The molecule has 0 unspecified atom stereocenters. The van der Waals surface area contributed by atoms with Crippen LogP contribution in [-0.2, 0) is 6.18 Å². The van der Waals surface area contributed by atoms with Gasteiger partial charge in [0.15, 0.2) is 0 Å². The summed E-state index contributed by atoms with van der Waals surface area (Å²) in [6.45, 7) is 0. The van der Waals surface area contributed by atoms with Gasteiger partial charge < -0.3 is 10.4 Å². The minimum absolute atomic E-state index is 0.0510. The molecule has 3 rings (SSSR count). The van der Waals surface area contributed by atoms with Crippen LogP contribution in [0.4, 0.5) is 17.6 Å². The van der Waals surface area contributed by atoms with E-state index in [0.29, 0.717) is 16.7 Å². The summed E-state index contributed by atoms with van der Waals surface area (Å²) in [5.41, 5.74) is -2.91. The monoisotopic (exact) mass is 464 g/mol. The van der Waals surface area contributed by atoms with Crippen molar-refractivity contribution in [3.05, 3.63) is 63.4 Å². The highest BCUT2D eigenvalue weighted by Crippen LogP contribution is 2.41. The van der Waals surface area contributed by atoms with E-state index >= 15 is 0 Å². The lowest BCUT2D eigenvalue weighted by Crippen LogP contribution is -2.48. The largest absolute Gasteiger partial charge is 0.417 e. The number of hydrogen-bond acceptors (Lipinski definition) is 3. The zero-order chi connectivity index (χ0) is 22.1. The average Bonchev–Trinajstić information content (AvgIpc) is 2.67. The Hall–Kier alpha value is -1.90. The standard InChI is InChI=1S/C20H18Cl2F4N2O2/c21-12-3-1-2-11(10-12)17(19(30)7-4-13(23)5-8-19)28-18(29)16-15(22)14(6-9-27-16)20(24,25)26/h1-3,6,9-10,13,17,30H,4-5,7-8H2,(H,28,29)/t13-,17-,19-/m1/s1. The van der Waals surface area contributed by atoms with E-state index in [1.807, 2.05) is 0 Å². The lowest BCUT2D eigenvalue weighted by Gasteiger charge is -2.40. The van der Waals surface area contributed by atoms with Crippen LogP contribution in [0.15, 0.2) is 36.5 Å². The van der Waals surface area contributed by atoms with Crippen LogP contribution in [0.3, 0.4) is 0 Å². The van der Waals surface area contributed by atoms with E-state index in [1.54, 1.807) is 18.2 Å². The first-order valence-corrected chi connectivity index (χ1v) is 9.91. The molecule has 0 spiro atoms. The Morgan fingerprint density at radius 1 is 1.23 bits per heavy atom. The number of nitrogens with zero attached hydrogens (tertiary/aromatic N) is 1. The van der Waals surface area contributed by atoms with Crippen LogP contribution in [-0.4, -0.2) is 27.8 Å². The molecule has 2 aromatic rings. The normalized spacial score (nSPS) is 23.1. The first-order valence-electron chi connectivity index (χ1n) is 9.16. The Labute approximate surface area is 180 Å². The number of aromatic nitrogens is 1. The molecule has 0 bridgehead atoms. The van der Waals surface area contributed by atoms with Gasteiger partial charge in [0.05, 0.1) is 22.2 Å². The number of pyridine rings is 1. The van der Waals surface area contributed by atoms with Crippen LogP contribution in [0.2, 0.25) is 10.0 Å².